The topological polar surface area (TPSA) is 79.4 Å². The molecule has 0 atom stereocenters. The Bertz CT molecular complexity index is 830. The van der Waals surface area contributed by atoms with Gasteiger partial charge in [0.05, 0.1) is 6.20 Å². The molecule has 0 aliphatic heterocycles. The summed E-state index contributed by atoms with van der Waals surface area (Å²) in [6, 6.07) is 10.2. The summed E-state index contributed by atoms with van der Waals surface area (Å²) in [4.78, 5) is 8.12. The highest BCUT2D eigenvalue weighted by molar-refractivity contribution is 5.62. The molecule has 0 bridgehead atoms. The van der Waals surface area contributed by atoms with E-state index in [1.165, 1.54) is 6.20 Å². The summed E-state index contributed by atoms with van der Waals surface area (Å²) < 4.78 is 1.78. The van der Waals surface area contributed by atoms with Crippen LogP contribution in [0.4, 0.5) is 5.82 Å². The highest BCUT2D eigenvalue weighted by atomic mass is 15.2. The SMILES string of the molecule is Cn1cc(-c2cccc(CNc3nccnc3C#N)c2)cn1. The number of hydrogen-bond donors (Lipinski definition) is 1. The Morgan fingerprint density at radius 1 is 1.23 bits per heavy atom. The zero-order valence-corrected chi connectivity index (χ0v) is 12.1. The smallest absolute Gasteiger partial charge is 0.182 e. The molecule has 0 amide bonds. The van der Waals surface area contributed by atoms with Crippen molar-refractivity contribution < 1.29 is 0 Å². The van der Waals surface area contributed by atoms with Crippen LogP contribution in [0.15, 0.2) is 49.1 Å². The van der Waals surface area contributed by atoms with Crippen LogP contribution in [0.2, 0.25) is 0 Å². The van der Waals surface area contributed by atoms with E-state index in [1.807, 2.05) is 43.7 Å². The van der Waals surface area contributed by atoms with Crippen molar-refractivity contribution in [2.45, 2.75) is 6.54 Å². The van der Waals surface area contributed by atoms with E-state index in [9.17, 15) is 0 Å². The predicted octanol–water partition coefficient (Wildman–Crippen LogP) is 2.36. The zero-order chi connectivity index (χ0) is 15.4. The minimum Gasteiger partial charge on any atom is -0.364 e. The molecular formula is C16H14N6. The summed E-state index contributed by atoms with van der Waals surface area (Å²) in [6.07, 6.45) is 6.88. The lowest BCUT2D eigenvalue weighted by Crippen LogP contribution is -2.04. The van der Waals surface area contributed by atoms with Crippen molar-refractivity contribution in [1.82, 2.24) is 19.7 Å². The Hall–Kier alpha value is -3.20. The molecule has 0 radical (unpaired) electrons. The van der Waals surface area contributed by atoms with Gasteiger partial charge in [0.1, 0.15) is 6.07 Å². The third-order valence-electron chi connectivity index (χ3n) is 3.23. The number of nitriles is 1. The van der Waals surface area contributed by atoms with Crippen molar-refractivity contribution in [2.75, 3.05) is 5.32 Å². The van der Waals surface area contributed by atoms with Gasteiger partial charge in [0.25, 0.3) is 0 Å². The second kappa shape index (κ2) is 6.06. The van der Waals surface area contributed by atoms with Crippen LogP contribution in [0.5, 0.6) is 0 Å². The van der Waals surface area contributed by atoms with Gasteiger partial charge in [0.2, 0.25) is 0 Å². The molecule has 2 heterocycles. The van der Waals surface area contributed by atoms with E-state index >= 15 is 0 Å². The Morgan fingerprint density at radius 3 is 2.86 bits per heavy atom. The number of nitrogens with zero attached hydrogens (tertiary/aromatic N) is 5. The maximum atomic E-state index is 9.01. The Balaban J connectivity index is 1.78. The molecule has 1 N–H and O–H groups in total. The van der Waals surface area contributed by atoms with Gasteiger partial charge >= 0.3 is 0 Å². The van der Waals surface area contributed by atoms with E-state index in [0.717, 1.165) is 16.7 Å². The Labute approximate surface area is 128 Å². The van der Waals surface area contributed by atoms with Crippen molar-refractivity contribution in [3.05, 3.63) is 60.3 Å². The molecule has 0 unspecified atom stereocenters. The summed E-state index contributed by atoms with van der Waals surface area (Å²) in [5.41, 5.74) is 3.57. The lowest BCUT2D eigenvalue weighted by atomic mass is 10.1. The Morgan fingerprint density at radius 2 is 2.09 bits per heavy atom. The second-order valence-corrected chi connectivity index (χ2v) is 4.82. The number of aryl methyl sites for hydroxylation is 1. The van der Waals surface area contributed by atoms with Gasteiger partial charge in [-0.1, -0.05) is 18.2 Å². The normalized spacial score (nSPS) is 10.2. The van der Waals surface area contributed by atoms with Crippen molar-refractivity contribution in [3.8, 4) is 17.2 Å². The van der Waals surface area contributed by atoms with Gasteiger partial charge in [0.15, 0.2) is 11.5 Å². The fourth-order valence-corrected chi connectivity index (χ4v) is 2.17. The summed E-state index contributed by atoms with van der Waals surface area (Å²) in [5, 5.41) is 16.3. The molecule has 0 saturated heterocycles. The minimum atomic E-state index is 0.297. The molecule has 3 rings (SSSR count). The second-order valence-electron chi connectivity index (χ2n) is 4.82. The van der Waals surface area contributed by atoms with Crippen molar-refractivity contribution >= 4 is 5.82 Å². The minimum absolute atomic E-state index is 0.297. The van der Waals surface area contributed by atoms with Gasteiger partial charge in [-0.2, -0.15) is 10.4 Å². The lowest BCUT2D eigenvalue weighted by Gasteiger charge is -2.07. The average Bonchev–Trinajstić information content (AvgIpc) is 3.00. The van der Waals surface area contributed by atoms with Gasteiger partial charge in [-0.15, -0.1) is 0 Å². The first-order valence-corrected chi connectivity index (χ1v) is 6.79. The molecule has 6 nitrogen and oxygen atoms in total. The molecule has 108 valence electrons. The summed E-state index contributed by atoms with van der Waals surface area (Å²) in [5.74, 6) is 0.497. The number of anilines is 1. The average molecular weight is 290 g/mol. The van der Waals surface area contributed by atoms with Gasteiger partial charge in [-0.05, 0) is 17.2 Å². The predicted molar refractivity (Wildman–Crippen MR) is 82.7 cm³/mol. The summed E-state index contributed by atoms with van der Waals surface area (Å²) in [6.45, 7) is 0.571. The number of rotatable bonds is 4. The molecule has 22 heavy (non-hydrogen) atoms. The molecule has 3 aromatic rings. The molecular weight excluding hydrogens is 276 g/mol. The van der Waals surface area contributed by atoms with E-state index < -0.39 is 0 Å². The van der Waals surface area contributed by atoms with E-state index in [-0.39, 0.29) is 0 Å². The molecule has 6 heteroatoms. The van der Waals surface area contributed by atoms with Crippen LogP contribution in [-0.2, 0) is 13.6 Å². The Kier molecular flexibility index (Phi) is 3.79. The van der Waals surface area contributed by atoms with E-state index in [4.69, 9.17) is 5.26 Å². The number of hydrogen-bond acceptors (Lipinski definition) is 5. The third-order valence-corrected chi connectivity index (χ3v) is 3.23. The maximum Gasteiger partial charge on any atom is 0.182 e. The quantitative estimate of drug-likeness (QED) is 0.798. The number of aromatic nitrogens is 4. The van der Waals surface area contributed by atoms with Gasteiger partial charge in [0, 0.05) is 37.7 Å². The van der Waals surface area contributed by atoms with Crippen LogP contribution in [-0.4, -0.2) is 19.7 Å². The largest absolute Gasteiger partial charge is 0.364 e. The lowest BCUT2D eigenvalue weighted by molar-refractivity contribution is 0.768. The van der Waals surface area contributed by atoms with Gasteiger partial charge in [-0.3, -0.25) is 4.68 Å². The molecule has 2 aromatic heterocycles. The third kappa shape index (κ3) is 2.94. The molecule has 0 aliphatic carbocycles. The first-order valence-electron chi connectivity index (χ1n) is 6.79. The number of nitrogens with one attached hydrogen (secondary N) is 1. The fourth-order valence-electron chi connectivity index (χ4n) is 2.17. The van der Waals surface area contributed by atoms with Crippen molar-refractivity contribution in [1.29, 1.82) is 5.26 Å². The van der Waals surface area contributed by atoms with Crippen LogP contribution in [0.25, 0.3) is 11.1 Å². The van der Waals surface area contributed by atoms with E-state index in [1.54, 1.807) is 10.9 Å². The molecule has 0 saturated carbocycles. The first-order chi connectivity index (χ1) is 10.8. The van der Waals surface area contributed by atoms with Crippen molar-refractivity contribution in [2.24, 2.45) is 7.05 Å². The van der Waals surface area contributed by atoms with Crippen LogP contribution >= 0.6 is 0 Å². The van der Waals surface area contributed by atoms with Gasteiger partial charge in [-0.25, -0.2) is 9.97 Å². The molecule has 0 aliphatic rings. The van der Waals surface area contributed by atoms with Gasteiger partial charge < -0.3 is 5.32 Å². The van der Waals surface area contributed by atoms with E-state index in [2.05, 4.69) is 26.4 Å². The molecule has 0 spiro atoms. The molecule has 0 fully saturated rings. The fraction of sp³-hybridized carbons (Fsp3) is 0.125. The summed E-state index contributed by atoms with van der Waals surface area (Å²) >= 11 is 0. The van der Waals surface area contributed by atoms with E-state index in [0.29, 0.717) is 18.1 Å². The van der Waals surface area contributed by atoms with Crippen LogP contribution in [0.3, 0.4) is 0 Å². The van der Waals surface area contributed by atoms with Crippen molar-refractivity contribution in [3.63, 3.8) is 0 Å². The summed E-state index contributed by atoms with van der Waals surface area (Å²) in [7, 11) is 1.90. The van der Waals surface area contributed by atoms with Crippen LogP contribution in [0.1, 0.15) is 11.3 Å². The number of benzene rings is 1. The standard InChI is InChI=1S/C16H14N6/c1-22-11-14(10-21-22)13-4-2-3-12(7-13)9-20-16-15(8-17)18-5-6-19-16/h2-7,10-11H,9H2,1H3,(H,19,20). The van der Waals surface area contributed by atoms with Crippen LogP contribution in [0, 0.1) is 11.3 Å². The first kappa shape index (κ1) is 13.8. The molecule has 1 aromatic carbocycles. The highest BCUT2D eigenvalue weighted by Crippen LogP contribution is 2.20. The zero-order valence-electron chi connectivity index (χ0n) is 12.1. The van der Waals surface area contributed by atoms with Crippen LogP contribution < -0.4 is 5.32 Å². The maximum absolute atomic E-state index is 9.01. The monoisotopic (exact) mass is 290 g/mol. The highest BCUT2D eigenvalue weighted by Gasteiger charge is 2.05.